The monoisotopic (exact) mass is 419 g/mol. The summed E-state index contributed by atoms with van der Waals surface area (Å²) in [6, 6.07) is 20.8. The van der Waals surface area contributed by atoms with Crippen molar-refractivity contribution >= 4 is 35.4 Å². The first-order chi connectivity index (χ1) is 14.5. The Morgan fingerprint density at radius 1 is 1.07 bits per heavy atom. The molecule has 0 atom stereocenters. The molecule has 0 aliphatic carbocycles. The van der Waals surface area contributed by atoms with E-state index >= 15 is 0 Å². The van der Waals surface area contributed by atoms with Crippen LogP contribution in [0.4, 0.5) is 10.1 Å². The van der Waals surface area contributed by atoms with Crippen molar-refractivity contribution in [1.29, 1.82) is 0 Å². The quantitative estimate of drug-likeness (QED) is 0.426. The van der Waals surface area contributed by atoms with Gasteiger partial charge in [0.05, 0.1) is 29.8 Å². The van der Waals surface area contributed by atoms with E-state index in [1.807, 2.05) is 42.5 Å². The van der Waals surface area contributed by atoms with E-state index in [1.165, 1.54) is 31.0 Å². The van der Waals surface area contributed by atoms with E-state index in [-0.39, 0.29) is 18.3 Å². The van der Waals surface area contributed by atoms with Gasteiger partial charge in [-0.15, -0.1) is 0 Å². The predicted octanol–water partition coefficient (Wildman–Crippen LogP) is 5.29. The molecular weight excluding hydrogens is 401 g/mol. The number of esters is 1. The Bertz CT molecular complexity index is 1130. The SMILES string of the molecule is COC(=O)c1ccc2c(c1)N(Cc1ccc(F)cc1)C(=O)C(=Cc1ccccc1)S2. The van der Waals surface area contributed by atoms with Crippen LogP contribution >= 0.6 is 11.8 Å². The maximum atomic E-state index is 13.4. The van der Waals surface area contributed by atoms with Crippen LogP contribution in [0.25, 0.3) is 6.08 Å². The molecule has 0 N–H and O–H groups in total. The maximum Gasteiger partial charge on any atom is 0.337 e. The summed E-state index contributed by atoms with van der Waals surface area (Å²) in [5, 5.41) is 0. The Morgan fingerprint density at radius 3 is 2.50 bits per heavy atom. The number of ether oxygens (including phenoxy) is 1. The highest BCUT2D eigenvalue weighted by atomic mass is 32.2. The molecule has 0 saturated carbocycles. The van der Waals surface area contributed by atoms with Gasteiger partial charge in [-0.2, -0.15) is 0 Å². The molecule has 3 aromatic carbocycles. The minimum Gasteiger partial charge on any atom is -0.465 e. The van der Waals surface area contributed by atoms with E-state index in [0.717, 1.165) is 16.0 Å². The highest BCUT2D eigenvalue weighted by Gasteiger charge is 2.30. The summed E-state index contributed by atoms with van der Waals surface area (Å²) < 4.78 is 18.1. The van der Waals surface area contributed by atoms with Gasteiger partial charge in [0.1, 0.15) is 5.82 Å². The van der Waals surface area contributed by atoms with Crippen LogP contribution in [0.3, 0.4) is 0 Å². The molecule has 0 saturated heterocycles. The van der Waals surface area contributed by atoms with E-state index in [1.54, 1.807) is 29.2 Å². The fraction of sp³-hybridized carbons (Fsp3) is 0.0833. The standard InChI is InChI=1S/C24H18FNO3S/c1-29-24(28)18-9-12-21-20(14-18)26(15-17-7-10-19(25)11-8-17)23(27)22(30-21)13-16-5-3-2-4-6-16/h2-14H,15H2,1H3. The average molecular weight is 419 g/mol. The first-order valence-electron chi connectivity index (χ1n) is 9.28. The van der Waals surface area contributed by atoms with Gasteiger partial charge in [-0.25, -0.2) is 9.18 Å². The zero-order valence-corrected chi connectivity index (χ0v) is 17.0. The van der Waals surface area contributed by atoms with Gasteiger partial charge in [0.15, 0.2) is 0 Å². The fourth-order valence-electron chi connectivity index (χ4n) is 3.19. The van der Waals surface area contributed by atoms with Gasteiger partial charge >= 0.3 is 5.97 Å². The third-order valence-corrected chi connectivity index (χ3v) is 5.78. The second kappa shape index (κ2) is 8.55. The molecule has 4 rings (SSSR count). The number of rotatable bonds is 4. The zero-order valence-electron chi connectivity index (χ0n) is 16.2. The van der Waals surface area contributed by atoms with Crippen molar-refractivity contribution in [1.82, 2.24) is 0 Å². The lowest BCUT2D eigenvalue weighted by Gasteiger charge is -2.31. The van der Waals surface area contributed by atoms with Gasteiger partial charge in [0.25, 0.3) is 5.91 Å². The van der Waals surface area contributed by atoms with Crippen molar-refractivity contribution in [2.45, 2.75) is 11.4 Å². The van der Waals surface area contributed by atoms with Crippen molar-refractivity contribution < 1.29 is 18.7 Å². The molecule has 0 bridgehead atoms. The number of thioether (sulfide) groups is 1. The Kier molecular flexibility index (Phi) is 5.68. The molecule has 1 amide bonds. The molecule has 0 radical (unpaired) electrons. The van der Waals surface area contributed by atoms with E-state index in [9.17, 15) is 14.0 Å². The summed E-state index contributed by atoms with van der Waals surface area (Å²) in [6.07, 6.45) is 1.85. The first-order valence-corrected chi connectivity index (χ1v) is 10.1. The molecule has 1 aliphatic heterocycles. The number of amides is 1. The third kappa shape index (κ3) is 4.14. The number of hydrogen-bond acceptors (Lipinski definition) is 4. The van der Waals surface area contributed by atoms with Crippen molar-refractivity contribution in [3.05, 3.63) is 100 Å². The number of nitrogens with zero attached hydrogens (tertiary/aromatic N) is 1. The Labute approximate surface area is 178 Å². The fourth-order valence-corrected chi connectivity index (χ4v) is 4.22. The highest BCUT2D eigenvalue weighted by molar-refractivity contribution is 8.04. The van der Waals surface area contributed by atoms with Crippen molar-refractivity contribution in [2.24, 2.45) is 0 Å². The number of carbonyl (C=O) groups excluding carboxylic acids is 2. The van der Waals surface area contributed by atoms with Crippen LogP contribution in [-0.4, -0.2) is 19.0 Å². The Morgan fingerprint density at radius 2 is 1.80 bits per heavy atom. The van der Waals surface area contributed by atoms with Crippen LogP contribution in [0.1, 0.15) is 21.5 Å². The zero-order chi connectivity index (χ0) is 21.1. The van der Waals surface area contributed by atoms with Crippen molar-refractivity contribution in [2.75, 3.05) is 12.0 Å². The Hall–Kier alpha value is -3.38. The van der Waals surface area contributed by atoms with Crippen molar-refractivity contribution in [3.8, 4) is 0 Å². The summed E-state index contributed by atoms with van der Waals surface area (Å²) in [6.45, 7) is 0.253. The molecule has 0 aromatic heterocycles. The smallest absolute Gasteiger partial charge is 0.337 e. The second-order valence-corrected chi connectivity index (χ2v) is 7.80. The molecular formula is C24H18FNO3S. The average Bonchev–Trinajstić information content (AvgIpc) is 2.78. The van der Waals surface area contributed by atoms with E-state index in [2.05, 4.69) is 0 Å². The lowest BCUT2D eigenvalue weighted by atomic mass is 10.1. The van der Waals surface area contributed by atoms with E-state index < -0.39 is 5.97 Å². The molecule has 6 heteroatoms. The van der Waals surface area contributed by atoms with Crippen LogP contribution in [0.5, 0.6) is 0 Å². The van der Waals surface area contributed by atoms with Gasteiger partial charge < -0.3 is 9.64 Å². The summed E-state index contributed by atoms with van der Waals surface area (Å²) in [5.41, 5.74) is 2.70. The number of carbonyl (C=O) groups is 2. The van der Waals surface area contributed by atoms with Crippen LogP contribution in [-0.2, 0) is 16.1 Å². The van der Waals surface area contributed by atoms with Crippen LogP contribution in [0.2, 0.25) is 0 Å². The number of benzene rings is 3. The lowest BCUT2D eigenvalue weighted by molar-refractivity contribution is -0.114. The first kappa shape index (κ1) is 19.9. The minimum atomic E-state index is -0.470. The summed E-state index contributed by atoms with van der Waals surface area (Å²) >= 11 is 1.36. The molecule has 30 heavy (non-hydrogen) atoms. The van der Waals surface area contributed by atoms with Crippen LogP contribution in [0, 0.1) is 5.82 Å². The van der Waals surface area contributed by atoms with Crippen molar-refractivity contribution in [3.63, 3.8) is 0 Å². The van der Waals surface area contributed by atoms with Gasteiger partial charge in [0.2, 0.25) is 0 Å². The normalized spacial score (nSPS) is 14.5. The maximum absolute atomic E-state index is 13.4. The number of anilines is 1. The van der Waals surface area contributed by atoms with Crippen LogP contribution < -0.4 is 4.90 Å². The van der Waals surface area contributed by atoms with Crippen LogP contribution in [0.15, 0.2) is 82.6 Å². The van der Waals surface area contributed by atoms with Gasteiger partial charge in [-0.3, -0.25) is 4.79 Å². The van der Waals surface area contributed by atoms with Gasteiger partial charge in [-0.05, 0) is 47.5 Å². The predicted molar refractivity (Wildman–Crippen MR) is 116 cm³/mol. The Balaban J connectivity index is 1.77. The third-order valence-electron chi connectivity index (χ3n) is 4.70. The number of fused-ring (bicyclic) bond motifs is 1. The highest BCUT2D eigenvalue weighted by Crippen LogP contribution is 2.43. The minimum absolute atomic E-state index is 0.178. The molecule has 1 heterocycles. The summed E-state index contributed by atoms with van der Waals surface area (Å²) in [4.78, 5) is 28.4. The molecule has 1 aliphatic rings. The lowest BCUT2D eigenvalue weighted by Crippen LogP contribution is -2.34. The van der Waals surface area contributed by atoms with E-state index in [0.29, 0.717) is 16.2 Å². The topological polar surface area (TPSA) is 46.6 Å². The van der Waals surface area contributed by atoms with Gasteiger partial charge in [0, 0.05) is 4.90 Å². The number of methoxy groups -OCH3 is 1. The largest absolute Gasteiger partial charge is 0.465 e. The summed E-state index contributed by atoms with van der Waals surface area (Å²) in [5.74, 6) is -0.984. The van der Waals surface area contributed by atoms with Gasteiger partial charge in [-0.1, -0.05) is 54.2 Å². The number of halogens is 1. The second-order valence-electron chi connectivity index (χ2n) is 6.71. The molecule has 0 spiro atoms. The molecule has 0 unspecified atom stereocenters. The molecule has 0 fully saturated rings. The summed E-state index contributed by atoms with van der Waals surface area (Å²) in [7, 11) is 1.32. The molecule has 150 valence electrons. The molecule has 4 nitrogen and oxygen atoms in total. The molecule has 3 aromatic rings. The van der Waals surface area contributed by atoms with E-state index in [4.69, 9.17) is 4.74 Å². The number of hydrogen-bond donors (Lipinski definition) is 0.